The van der Waals surface area contributed by atoms with E-state index in [0.29, 0.717) is 10.6 Å². The monoisotopic (exact) mass is 464 g/mol. The number of hydrogen-bond acceptors (Lipinski definition) is 2. The van der Waals surface area contributed by atoms with Crippen molar-refractivity contribution < 1.29 is 9.09 Å². The summed E-state index contributed by atoms with van der Waals surface area (Å²) in [7, 11) is -3.58. The fraction of sp³-hybridized carbons (Fsp3) is 0. The Morgan fingerprint density at radius 3 is 1.31 bits per heavy atom. The Balaban J connectivity index is 2.23. The Morgan fingerprint density at radius 1 is 0.577 bits per heavy atom. The van der Waals surface area contributed by atoms with Crippen molar-refractivity contribution in [3.05, 3.63) is 85.8 Å². The molecule has 26 heavy (non-hydrogen) atoms. The smallest absolute Gasteiger partial charge is 0.306 e. The van der Waals surface area contributed by atoms with E-state index >= 15 is 0 Å². The Bertz CT molecular complexity index is 921. The van der Waals surface area contributed by atoms with Gasteiger partial charge in [-0.15, -0.1) is 0 Å². The third-order valence-corrected chi connectivity index (χ3v) is 8.22. The van der Waals surface area contributed by atoms with Crippen molar-refractivity contribution >= 4 is 76.0 Å². The Kier molecular flexibility index (Phi) is 6.14. The standard InChI is InChI=1S/C18H10Cl5O2P/c19-13-14(20)16(22)18(17(23)15(13)21)25-26(24,11-7-3-1-4-8-11)12-9-5-2-6-10-12/h1-10H. The number of rotatable bonds is 4. The van der Waals surface area contributed by atoms with Gasteiger partial charge in [0, 0.05) is 0 Å². The molecule has 0 aliphatic carbocycles. The second-order valence-electron chi connectivity index (χ2n) is 5.21. The van der Waals surface area contributed by atoms with Crippen LogP contribution in [0, 0.1) is 0 Å². The molecule has 0 bridgehead atoms. The molecule has 0 saturated carbocycles. The number of benzene rings is 3. The van der Waals surface area contributed by atoms with Crippen LogP contribution in [0.25, 0.3) is 0 Å². The average Bonchev–Trinajstić information content (AvgIpc) is 2.69. The van der Waals surface area contributed by atoms with Crippen molar-refractivity contribution in [3.63, 3.8) is 0 Å². The van der Waals surface area contributed by atoms with Gasteiger partial charge in [0.2, 0.25) is 0 Å². The molecule has 0 atom stereocenters. The van der Waals surface area contributed by atoms with Crippen LogP contribution in [0.3, 0.4) is 0 Å². The maximum Gasteiger partial charge on any atom is 0.306 e. The quantitative estimate of drug-likeness (QED) is 0.230. The van der Waals surface area contributed by atoms with Crippen LogP contribution in [0.2, 0.25) is 25.1 Å². The van der Waals surface area contributed by atoms with E-state index in [9.17, 15) is 4.57 Å². The zero-order valence-corrected chi connectivity index (χ0v) is 17.6. The van der Waals surface area contributed by atoms with Gasteiger partial charge < -0.3 is 4.52 Å². The highest BCUT2D eigenvalue weighted by Gasteiger charge is 2.33. The topological polar surface area (TPSA) is 26.3 Å². The molecular weight excluding hydrogens is 456 g/mol. The second kappa shape index (κ2) is 8.02. The fourth-order valence-corrected chi connectivity index (χ4v) is 5.68. The molecule has 0 aromatic heterocycles. The molecular formula is C18H10Cl5O2P. The van der Waals surface area contributed by atoms with Crippen LogP contribution in [-0.4, -0.2) is 0 Å². The summed E-state index contributed by atoms with van der Waals surface area (Å²) < 4.78 is 19.9. The molecule has 0 aliphatic heterocycles. The first-order valence-electron chi connectivity index (χ1n) is 7.28. The lowest BCUT2D eigenvalue weighted by Gasteiger charge is -2.22. The Labute approximate surface area is 176 Å². The predicted molar refractivity (Wildman–Crippen MR) is 112 cm³/mol. The van der Waals surface area contributed by atoms with E-state index in [1.54, 1.807) is 48.5 Å². The number of halogens is 5. The summed E-state index contributed by atoms with van der Waals surface area (Å²) in [6.45, 7) is 0. The molecule has 0 unspecified atom stereocenters. The first-order valence-corrected chi connectivity index (χ1v) is 10.8. The van der Waals surface area contributed by atoms with Gasteiger partial charge in [0.15, 0.2) is 5.75 Å². The SMILES string of the molecule is O=P(Oc1c(Cl)c(Cl)c(Cl)c(Cl)c1Cl)(c1ccccc1)c1ccccc1. The van der Waals surface area contributed by atoms with Gasteiger partial charge in [-0.2, -0.15) is 0 Å². The second-order valence-corrected chi connectivity index (χ2v) is 9.42. The van der Waals surface area contributed by atoms with Gasteiger partial charge in [0.05, 0.1) is 25.7 Å². The third-order valence-electron chi connectivity index (χ3n) is 3.58. The third kappa shape index (κ3) is 3.60. The van der Waals surface area contributed by atoms with E-state index in [-0.39, 0.29) is 30.9 Å². The molecule has 0 heterocycles. The van der Waals surface area contributed by atoms with Gasteiger partial charge in [-0.1, -0.05) is 94.4 Å². The van der Waals surface area contributed by atoms with Crippen LogP contribution < -0.4 is 15.1 Å². The first kappa shape index (κ1) is 19.9. The average molecular weight is 467 g/mol. The minimum Gasteiger partial charge on any atom is -0.434 e. The van der Waals surface area contributed by atoms with Crippen LogP contribution >= 0.6 is 65.4 Å². The summed E-state index contributed by atoms with van der Waals surface area (Å²) in [6, 6.07) is 17.5. The van der Waals surface area contributed by atoms with Gasteiger partial charge in [-0.25, -0.2) is 0 Å². The van der Waals surface area contributed by atoms with Crippen LogP contribution in [-0.2, 0) is 4.57 Å². The van der Waals surface area contributed by atoms with Crippen molar-refractivity contribution in [2.24, 2.45) is 0 Å². The lowest BCUT2D eigenvalue weighted by molar-refractivity contribution is 0.503. The van der Waals surface area contributed by atoms with E-state index in [1.165, 1.54) is 0 Å². The minimum atomic E-state index is -3.58. The molecule has 0 saturated heterocycles. The van der Waals surface area contributed by atoms with Gasteiger partial charge in [0.1, 0.15) is 10.0 Å². The van der Waals surface area contributed by atoms with Crippen molar-refractivity contribution in [3.8, 4) is 5.75 Å². The van der Waals surface area contributed by atoms with Crippen LogP contribution in [0.15, 0.2) is 60.7 Å². The normalized spacial score (nSPS) is 11.4. The van der Waals surface area contributed by atoms with E-state index in [0.717, 1.165) is 0 Å². The lowest BCUT2D eigenvalue weighted by Crippen LogP contribution is -2.20. The maximum atomic E-state index is 13.9. The summed E-state index contributed by atoms with van der Waals surface area (Å²) in [4.78, 5) is 0. The summed E-state index contributed by atoms with van der Waals surface area (Å²) in [5.41, 5.74) is 0. The van der Waals surface area contributed by atoms with Gasteiger partial charge >= 0.3 is 7.37 Å². The first-order chi connectivity index (χ1) is 12.4. The zero-order chi connectivity index (χ0) is 18.9. The molecule has 3 aromatic carbocycles. The minimum absolute atomic E-state index is 0.00457. The molecule has 0 radical (unpaired) electrons. The fourth-order valence-electron chi connectivity index (χ4n) is 2.30. The summed E-state index contributed by atoms with van der Waals surface area (Å²) in [5.74, 6) is -0.0798. The number of hydrogen-bond donors (Lipinski definition) is 0. The van der Waals surface area contributed by atoms with E-state index < -0.39 is 7.37 Å². The summed E-state index contributed by atoms with van der Waals surface area (Å²) in [5, 5.41) is 0.790. The molecule has 0 amide bonds. The largest absolute Gasteiger partial charge is 0.434 e. The van der Waals surface area contributed by atoms with Crippen molar-refractivity contribution in [2.45, 2.75) is 0 Å². The lowest BCUT2D eigenvalue weighted by atomic mass is 10.3. The summed E-state index contributed by atoms with van der Waals surface area (Å²) in [6.07, 6.45) is 0. The molecule has 8 heteroatoms. The van der Waals surface area contributed by atoms with Crippen LogP contribution in [0.5, 0.6) is 5.75 Å². The highest BCUT2D eigenvalue weighted by atomic mass is 35.5. The van der Waals surface area contributed by atoms with E-state index in [1.807, 2.05) is 12.1 Å². The molecule has 2 nitrogen and oxygen atoms in total. The van der Waals surface area contributed by atoms with Gasteiger partial charge in [0.25, 0.3) is 0 Å². The highest BCUT2D eigenvalue weighted by molar-refractivity contribution is 7.74. The van der Waals surface area contributed by atoms with Crippen molar-refractivity contribution in [1.29, 1.82) is 0 Å². The predicted octanol–water partition coefficient (Wildman–Crippen LogP) is 7.26. The van der Waals surface area contributed by atoms with Gasteiger partial charge in [-0.3, -0.25) is 4.57 Å². The summed E-state index contributed by atoms with van der Waals surface area (Å²) >= 11 is 30.7. The molecule has 0 fully saturated rings. The Hall–Kier alpha value is -0.860. The van der Waals surface area contributed by atoms with Crippen LogP contribution in [0.1, 0.15) is 0 Å². The highest BCUT2D eigenvalue weighted by Crippen LogP contribution is 2.54. The van der Waals surface area contributed by atoms with Crippen molar-refractivity contribution in [2.75, 3.05) is 0 Å². The molecule has 134 valence electrons. The van der Waals surface area contributed by atoms with E-state index in [2.05, 4.69) is 0 Å². The molecule has 3 rings (SSSR count). The zero-order valence-electron chi connectivity index (χ0n) is 12.9. The molecule has 0 spiro atoms. The Morgan fingerprint density at radius 2 is 0.923 bits per heavy atom. The van der Waals surface area contributed by atoms with Crippen molar-refractivity contribution in [1.82, 2.24) is 0 Å². The van der Waals surface area contributed by atoms with Crippen LogP contribution in [0.4, 0.5) is 0 Å². The molecule has 3 aromatic rings. The van der Waals surface area contributed by atoms with Gasteiger partial charge in [-0.05, 0) is 24.3 Å². The van der Waals surface area contributed by atoms with E-state index in [4.69, 9.17) is 62.5 Å². The maximum absolute atomic E-state index is 13.9. The molecule has 0 aliphatic rings. The molecule has 0 N–H and O–H groups in total.